The van der Waals surface area contributed by atoms with Crippen molar-refractivity contribution in [1.29, 1.82) is 0 Å². The van der Waals surface area contributed by atoms with Crippen LogP contribution in [0.5, 0.6) is 11.5 Å². The molecule has 28 heavy (non-hydrogen) atoms. The molecular formula is C19H22N2O5S2. The first kappa shape index (κ1) is 20.5. The van der Waals surface area contributed by atoms with E-state index in [-0.39, 0.29) is 12.3 Å². The van der Waals surface area contributed by atoms with Crippen LogP contribution in [0.1, 0.15) is 18.5 Å². The number of hydrogen-bond acceptors (Lipinski definition) is 7. The summed E-state index contributed by atoms with van der Waals surface area (Å²) in [5, 5.41) is 14.9. The molecular weight excluding hydrogens is 400 g/mol. The van der Waals surface area contributed by atoms with E-state index in [0.29, 0.717) is 30.0 Å². The smallest absolute Gasteiger partial charge is 0.329 e. The first-order valence-electron chi connectivity index (χ1n) is 8.76. The van der Waals surface area contributed by atoms with Crippen molar-refractivity contribution >= 4 is 35.0 Å². The normalized spacial score (nSPS) is 15.6. The summed E-state index contributed by atoms with van der Waals surface area (Å²) in [4.78, 5) is 28.7. The first-order chi connectivity index (χ1) is 13.5. The van der Waals surface area contributed by atoms with Crippen LogP contribution in [0.15, 0.2) is 23.6 Å². The lowest BCUT2D eigenvalue weighted by atomic mass is 9.92. The number of nitrogens with zero attached hydrogens (tertiary/aromatic N) is 1. The highest BCUT2D eigenvalue weighted by Gasteiger charge is 2.41. The van der Waals surface area contributed by atoms with Crippen LogP contribution in [0.3, 0.4) is 0 Å². The van der Waals surface area contributed by atoms with Gasteiger partial charge >= 0.3 is 5.97 Å². The number of carbonyl (C=O) groups is 2. The molecule has 9 heteroatoms. The van der Waals surface area contributed by atoms with Gasteiger partial charge in [-0.15, -0.1) is 11.3 Å². The Hall–Kier alpha value is -2.26. The number of carbonyl (C=O) groups excluding carboxylic acids is 1. The molecule has 150 valence electrons. The number of rotatable bonds is 7. The van der Waals surface area contributed by atoms with Crippen LogP contribution in [0.2, 0.25) is 0 Å². The Morgan fingerprint density at radius 2 is 1.93 bits per heavy atom. The van der Waals surface area contributed by atoms with Gasteiger partial charge in [0.2, 0.25) is 5.91 Å². The van der Waals surface area contributed by atoms with Crippen molar-refractivity contribution in [3.8, 4) is 22.1 Å². The second-order valence-electron chi connectivity index (χ2n) is 6.44. The van der Waals surface area contributed by atoms with E-state index < -0.39 is 11.5 Å². The van der Waals surface area contributed by atoms with Gasteiger partial charge in [-0.3, -0.25) is 4.79 Å². The van der Waals surface area contributed by atoms with Crippen molar-refractivity contribution in [3.05, 3.63) is 29.3 Å². The fourth-order valence-corrected chi connectivity index (χ4v) is 5.08. The highest BCUT2D eigenvalue weighted by Crippen LogP contribution is 2.33. The van der Waals surface area contributed by atoms with Gasteiger partial charge in [0.25, 0.3) is 0 Å². The van der Waals surface area contributed by atoms with Crippen LogP contribution in [-0.2, 0) is 16.0 Å². The summed E-state index contributed by atoms with van der Waals surface area (Å²) in [6.07, 6.45) is 0.922. The van der Waals surface area contributed by atoms with E-state index in [1.165, 1.54) is 11.3 Å². The second kappa shape index (κ2) is 8.83. The van der Waals surface area contributed by atoms with Gasteiger partial charge in [0.05, 0.1) is 26.3 Å². The van der Waals surface area contributed by atoms with Crippen LogP contribution in [0.25, 0.3) is 10.6 Å². The summed E-state index contributed by atoms with van der Waals surface area (Å²) in [6, 6.07) is 5.52. The molecule has 2 heterocycles. The maximum Gasteiger partial charge on any atom is 0.329 e. The van der Waals surface area contributed by atoms with Gasteiger partial charge in [-0.05, 0) is 42.5 Å². The molecule has 1 aromatic carbocycles. The van der Waals surface area contributed by atoms with Crippen LogP contribution in [0.4, 0.5) is 0 Å². The minimum atomic E-state index is -1.16. The minimum absolute atomic E-state index is 0.0476. The molecule has 1 aromatic heterocycles. The third kappa shape index (κ3) is 4.41. The molecule has 0 atom stereocenters. The molecule has 1 aliphatic rings. The van der Waals surface area contributed by atoms with Gasteiger partial charge in [-0.1, -0.05) is 0 Å². The molecule has 1 fully saturated rings. The van der Waals surface area contributed by atoms with Crippen LogP contribution >= 0.6 is 23.1 Å². The summed E-state index contributed by atoms with van der Waals surface area (Å²) < 4.78 is 10.6. The van der Waals surface area contributed by atoms with E-state index in [9.17, 15) is 14.7 Å². The molecule has 0 radical (unpaired) electrons. The van der Waals surface area contributed by atoms with Gasteiger partial charge in [0, 0.05) is 10.9 Å². The molecule has 0 unspecified atom stereocenters. The minimum Gasteiger partial charge on any atom is -0.493 e. The fourth-order valence-electron chi connectivity index (χ4n) is 3.08. The number of hydrogen-bond donors (Lipinski definition) is 2. The number of methoxy groups -OCH3 is 2. The number of aromatic nitrogens is 1. The lowest BCUT2D eigenvalue weighted by molar-refractivity contribution is -0.148. The molecule has 7 nitrogen and oxygen atoms in total. The number of thioether (sulfide) groups is 1. The maximum atomic E-state index is 12.5. The predicted molar refractivity (Wildman–Crippen MR) is 109 cm³/mol. The zero-order chi connectivity index (χ0) is 20.1. The number of amides is 1. The van der Waals surface area contributed by atoms with Crippen molar-refractivity contribution < 1.29 is 24.2 Å². The lowest BCUT2D eigenvalue weighted by Crippen LogP contribution is -2.56. The van der Waals surface area contributed by atoms with Crippen molar-refractivity contribution in [2.24, 2.45) is 0 Å². The number of carboxylic acid groups (broad SMARTS) is 1. The van der Waals surface area contributed by atoms with E-state index in [1.807, 2.05) is 17.5 Å². The number of ether oxygens (including phenoxy) is 2. The van der Waals surface area contributed by atoms with Gasteiger partial charge < -0.3 is 19.9 Å². The lowest BCUT2D eigenvalue weighted by Gasteiger charge is -2.33. The standard InChI is InChI=1S/C19H22N2O5S2/c1-25-14-4-3-12(9-15(14)26-2)17-20-13(11-28-17)10-16(22)21-19(18(23)24)5-7-27-8-6-19/h3-4,9,11H,5-8,10H2,1-2H3,(H,21,22)(H,23,24). The summed E-state index contributed by atoms with van der Waals surface area (Å²) in [6.45, 7) is 0. The van der Waals surface area contributed by atoms with Gasteiger partial charge in [-0.2, -0.15) is 11.8 Å². The van der Waals surface area contributed by atoms with Gasteiger partial charge in [-0.25, -0.2) is 9.78 Å². The molecule has 2 aromatic rings. The summed E-state index contributed by atoms with van der Waals surface area (Å²) in [5.74, 6) is 1.41. The number of nitrogens with one attached hydrogen (secondary N) is 1. The Balaban J connectivity index is 1.70. The monoisotopic (exact) mass is 422 g/mol. The van der Waals surface area contributed by atoms with E-state index in [1.54, 1.807) is 32.0 Å². The van der Waals surface area contributed by atoms with Crippen LogP contribution < -0.4 is 14.8 Å². The molecule has 0 spiro atoms. The average molecular weight is 423 g/mol. The predicted octanol–water partition coefficient (Wildman–Crippen LogP) is 2.84. The largest absolute Gasteiger partial charge is 0.493 e. The van der Waals surface area contributed by atoms with Crippen molar-refractivity contribution in [3.63, 3.8) is 0 Å². The summed E-state index contributed by atoms with van der Waals surface area (Å²) >= 11 is 3.13. The maximum absolute atomic E-state index is 12.5. The van der Waals surface area contributed by atoms with E-state index in [2.05, 4.69) is 10.3 Å². The average Bonchev–Trinajstić information content (AvgIpc) is 3.16. The Morgan fingerprint density at radius 1 is 1.21 bits per heavy atom. The van der Waals surface area contributed by atoms with E-state index in [4.69, 9.17) is 9.47 Å². The Kier molecular flexibility index (Phi) is 6.46. The topological polar surface area (TPSA) is 97.8 Å². The van der Waals surface area contributed by atoms with E-state index >= 15 is 0 Å². The Bertz CT molecular complexity index is 862. The third-order valence-corrected chi connectivity index (χ3v) is 6.58. The zero-order valence-corrected chi connectivity index (χ0v) is 17.3. The van der Waals surface area contributed by atoms with E-state index in [0.717, 1.165) is 22.1 Å². The van der Waals surface area contributed by atoms with Crippen molar-refractivity contribution in [2.75, 3.05) is 25.7 Å². The summed E-state index contributed by atoms with van der Waals surface area (Å²) in [5.41, 5.74) is 0.309. The van der Waals surface area contributed by atoms with Crippen LogP contribution in [0, 0.1) is 0 Å². The Labute approximate surface area is 171 Å². The second-order valence-corrected chi connectivity index (χ2v) is 8.52. The SMILES string of the molecule is COc1ccc(-c2nc(CC(=O)NC3(C(=O)O)CCSCC3)cs2)cc1OC. The third-order valence-electron chi connectivity index (χ3n) is 4.66. The molecule has 1 amide bonds. The highest BCUT2D eigenvalue weighted by molar-refractivity contribution is 7.99. The number of aliphatic carboxylic acids is 1. The summed E-state index contributed by atoms with van der Waals surface area (Å²) in [7, 11) is 3.15. The molecule has 0 aliphatic carbocycles. The quantitative estimate of drug-likeness (QED) is 0.708. The first-order valence-corrected chi connectivity index (χ1v) is 10.8. The molecule has 1 aliphatic heterocycles. The molecule has 0 saturated carbocycles. The number of benzene rings is 1. The zero-order valence-electron chi connectivity index (χ0n) is 15.7. The number of carboxylic acids is 1. The Morgan fingerprint density at radius 3 is 2.57 bits per heavy atom. The van der Waals surface area contributed by atoms with Crippen LogP contribution in [-0.4, -0.2) is 53.2 Å². The molecule has 2 N–H and O–H groups in total. The van der Waals surface area contributed by atoms with Gasteiger partial charge in [0.15, 0.2) is 11.5 Å². The molecule has 3 rings (SSSR count). The van der Waals surface area contributed by atoms with Crippen molar-refractivity contribution in [2.45, 2.75) is 24.8 Å². The van der Waals surface area contributed by atoms with Gasteiger partial charge in [0.1, 0.15) is 10.5 Å². The molecule has 1 saturated heterocycles. The molecule has 0 bridgehead atoms. The fraction of sp³-hybridized carbons (Fsp3) is 0.421. The highest BCUT2D eigenvalue weighted by atomic mass is 32.2. The van der Waals surface area contributed by atoms with Crippen molar-refractivity contribution in [1.82, 2.24) is 10.3 Å². The number of thiazole rings is 1.